The highest BCUT2D eigenvalue weighted by Crippen LogP contribution is 2.24. The van der Waals surface area contributed by atoms with Crippen molar-refractivity contribution >= 4 is 15.8 Å². The molecule has 2 rings (SSSR count). The predicted octanol–water partition coefficient (Wildman–Crippen LogP) is 1.76. The van der Waals surface area contributed by atoms with Crippen LogP contribution in [0.4, 0.5) is 0 Å². The van der Waals surface area contributed by atoms with Crippen molar-refractivity contribution in [1.82, 2.24) is 0 Å². The van der Waals surface area contributed by atoms with E-state index >= 15 is 0 Å². The summed E-state index contributed by atoms with van der Waals surface area (Å²) in [5.41, 5.74) is 0.664. The Labute approximate surface area is 118 Å². The van der Waals surface area contributed by atoms with Crippen LogP contribution in [0.1, 0.15) is 29.3 Å². The van der Waals surface area contributed by atoms with Crippen LogP contribution in [0.2, 0.25) is 0 Å². The first kappa shape index (κ1) is 15.0. The second-order valence-electron chi connectivity index (χ2n) is 4.99. The highest BCUT2D eigenvalue weighted by molar-refractivity contribution is 7.91. The van der Waals surface area contributed by atoms with Crippen LogP contribution in [-0.2, 0) is 21.0 Å². The molecule has 1 aromatic carbocycles. The number of hydrogen-bond acceptors (Lipinski definition) is 4. The van der Waals surface area contributed by atoms with Gasteiger partial charge in [-0.05, 0) is 36.5 Å². The van der Waals surface area contributed by atoms with Gasteiger partial charge in [0.1, 0.15) is 0 Å². The fourth-order valence-corrected chi connectivity index (χ4v) is 4.37. The van der Waals surface area contributed by atoms with Gasteiger partial charge in [0.2, 0.25) is 0 Å². The van der Waals surface area contributed by atoms with E-state index in [4.69, 9.17) is 9.84 Å². The minimum Gasteiger partial charge on any atom is -0.478 e. The molecule has 0 radical (unpaired) electrons. The maximum atomic E-state index is 12.5. The van der Waals surface area contributed by atoms with Crippen molar-refractivity contribution in [1.29, 1.82) is 0 Å². The molecule has 1 heterocycles. The molecule has 0 aliphatic carbocycles. The topological polar surface area (TPSA) is 80.7 Å². The summed E-state index contributed by atoms with van der Waals surface area (Å²) in [6, 6.07) is 4.30. The van der Waals surface area contributed by atoms with Gasteiger partial charge in [0.15, 0.2) is 9.84 Å². The van der Waals surface area contributed by atoms with Crippen molar-refractivity contribution in [2.24, 2.45) is 5.92 Å². The zero-order valence-electron chi connectivity index (χ0n) is 11.3. The van der Waals surface area contributed by atoms with Gasteiger partial charge >= 0.3 is 5.97 Å². The molecule has 5 nitrogen and oxygen atoms in total. The van der Waals surface area contributed by atoms with Gasteiger partial charge in [-0.15, -0.1) is 0 Å². The Balaban J connectivity index is 2.37. The van der Waals surface area contributed by atoms with Gasteiger partial charge in [-0.25, -0.2) is 13.2 Å². The lowest BCUT2D eigenvalue weighted by molar-refractivity contribution is 0.0696. The van der Waals surface area contributed by atoms with Gasteiger partial charge in [-0.3, -0.25) is 0 Å². The molecule has 1 aliphatic rings. The van der Waals surface area contributed by atoms with Gasteiger partial charge in [0, 0.05) is 6.61 Å². The van der Waals surface area contributed by atoms with Crippen LogP contribution in [0, 0.1) is 5.92 Å². The second kappa shape index (κ2) is 5.93. The molecule has 1 atom stereocenters. The fraction of sp³-hybridized carbons (Fsp3) is 0.500. The summed E-state index contributed by atoms with van der Waals surface area (Å²) in [6.45, 7) is 2.91. The lowest BCUT2D eigenvalue weighted by atomic mass is 10.1. The summed E-state index contributed by atoms with van der Waals surface area (Å²) in [4.78, 5) is 11.2. The van der Waals surface area contributed by atoms with Gasteiger partial charge in [0.25, 0.3) is 0 Å². The van der Waals surface area contributed by atoms with E-state index in [1.54, 1.807) is 6.07 Å². The predicted molar refractivity (Wildman–Crippen MR) is 73.8 cm³/mol. The number of rotatable bonds is 5. The lowest BCUT2D eigenvalue weighted by Gasteiger charge is -2.13. The molecule has 1 saturated heterocycles. The maximum Gasteiger partial charge on any atom is 0.335 e. The van der Waals surface area contributed by atoms with Crippen LogP contribution in [-0.4, -0.2) is 38.5 Å². The van der Waals surface area contributed by atoms with Crippen LogP contribution >= 0.6 is 0 Å². The average Bonchev–Trinajstić information content (AvgIpc) is 2.90. The van der Waals surface area contributed by atoms with Crippen molar-refractivity contribution in [3.05, 3.63) is 29.3 Å². The van der Waals surface area contributed by atoms with E-state index in [9.17, 15) is 13.2 Å². The van der Waals surface area contributed by atoms with Crippen LogP contribution in [0.3, 0.4) is 0 Å². The van der Waals surface area contributed by atoms with E-state index in [0.717, 1.165) is 6.42 Å². The molecule has 1 aliphatic heterocycles. The first-order chi connectivity index (χ1) is 9.44. The number of aryl methyl sites for hydroxylation is 1. The standard InChI is InChI=1S/C14H18O5S/c1-2-11-3-4-12(14(15)16)7-13(11)20(17,18)9-10-5-6-19-8-10/h3-4,7,10H,2,5-6,8-9H2,1H3,(H,15,16). The SMILES string of the molecule is CCc1ccc(C(=O)O)cc1S(=O)(=O)CC1CCOC1. The Morgan fingerprint density at radius 2 is 2.20 bits per heavy atom. The van der Waals surface area contributed by atoms with Gasteiger partial charge < -0.3 is 9.84 Å². The third-order valence-corrected chi connectivity index (χ3v) is 5.47. The Kier molecular flexibility index (Phi) is 4.45. The van der Waals surface area contributed by atoms with Gasteiger partial charge in [-0.2, -0.15) is 0 Å². The Hall–Kier alpha value is -1.40. The number of carboxylic acids is 1. The van der Waals surface area contributed by atoms with Crippen molar-refractivity contribution < 1.29 is 23.1 Å². The molecule has 1 aromatic rings. The summed E-state index contributed by atoms with van der Waals surface area (Å²) in [5.74, 6) is -1.10. The number of sulfone groups is 1. The molecule has 1 unspecified atom stereocenters. The lowest BCUT2D eigenvalue weighted by Crippen LogP contribution is -2.18. The number of aromatic carboxylic acids is 1. The summed E-state index contributed by atoms with van der Waals surface area (Å²) in [5, 5.41) is 9.01. The largest absolute Gasteiger partial charge is 0.478 e. The van der Waals surface area contributed by atoms with Crippen molar-refractivity contribution in [3.8, 4) is 0 Å². The van der Waals surface area contributed by atoms with Crippen molar-refractivity contribution in [2.75, 3.05) is 19.0 Å². The molecule has 0 aromatic heterocycles. The third kappa shape index (κ3) is 3.19. The Morgan fingerprint density at radius 3 is 2.75 bits per heavy atom. The quantitative estimate of drug-likeness (QED) is 0.896. The van der Waals surface area contributed by atoms with Crippen LogP contribution in [0.5, 0.6) is 0 Å². The minimum atomic E-state index is -3.49. The van der Waals surface area contributed by atoms with Crippen LogP contribution < -0.4 is 0 Å². The highest BCUT2D eigenvalue weighted by Gasteiger charge is 2.26. The van der Waals surface area contributed by atoms with E-state index in [1.165, 1.54) is 12.1 Å². The maximum absolute atomic E-state index is 12.5. The summed E-state index contributed by atoms with van der Waals surface area (Å²) >= 11 is 0. The molecule has 110 valence electrons. The first-order valence-electron chi connectivity index (χ1n) is 6.60. The molecule has 0 amide bonds. The summed E-state index contributed by atoms with van der Waals surface area (Å²) in [7, 11) is -3.49. The van der Waals surface area contributed by atoms with Gasteiger partial charge in [-0.1, -0.05) is 13.0 Å². The van der Waals surface area contributed by atoms with E-state index in [-0.39, 0.29) is 22.1 Å². The molecule has 0 saturated carbocycles. The van der Waals surface area contributed by atoms with Gasteiger partial charge in [0.05, 0.1) is 22.8 Å². The highest BCUT2D eigenvalue weighted by atomic mass is 32.2. The minimum absolute atomic E-state index is 0.00168. The molecule has 6 heteroatoms. The van der Waals surface area contributed by atoms with E-state index in [2.05, 4.69) is 0 Å². The average molecular weight is 298 g/mol. The smallest absolute Gasteiger partial charge is 0.335 e. The fourth-order valence-electron chi connectivity index (χ4n) is 2.38. The number of benzene rings is 1. The summed E-state index contributed by atoms with van der Waals surface area (Å²) < 4.78 is 30.2. The molecule has 20 heavy (non-hydrogen) atoms. The zero-order valence-corrected chi connectivity index (χ0v) is 12.1. The number of carbonyl (C=O) groups is 1. The van der Waals surface area contributed by atoms with E-state index in [0.29, 0.717) is 25.2 Å². The Bertz CT molecular complexity index is 600. The molecule has 1 fully saturated rings. The Morgan fingerprint density at radius 1 is 1.45 bits per heavy atom. The normalized spacial score (nSPS) is 19.1. The van der Waals surface area contributed by atoms with Crippen molar-refractivity contribution in [3.63, 3.8) is 0 Å². The number of hydrogen-bond donors (Lipinski definition) is 1. The molecular formula is C14H18O5S. The molecule has 0 spiro atoms. The third-order valence-electron chi connectivity index (χ3n) is 3.51. The molecule has 1 N–H and O–H groups in total. The summed E-state index contributed by atoms with van der Waals surface area (Å²) in [6.07, 6.45) is 1.29. The first-order valence-corrected chi connectivity index (χ1v) is 8.26. The van der Waals surface area contributed by atoms with E-state index < -0.39 is 15.8 Å². The monoisotopic (exact) mass is 298 g/mol. The van der Waals surface area contributed by atoms with E-state index in [1.807, 2.05) is 6.92 Å². The zero-order chi connectivity index (χ0) is 14.8. The van der Waals surface area contributed by atoms with Crippen molar-refractivity contribution in [2.45, 2.75) is 24.7 Å². The van der Waals surface area contributed by atoms with Crippen LogP contribution in [0.25, 0.3) is 0 Å². The number of ether oxygens (including phenoxy) is 1. The molecular weight excluding hydrogens is 280 g/mol. The molecule has 0 bridgehead atoms. The van der Waals surface area contributed by atoms with Crippen LogP contribution in [0.15, 0.2) is 23.1 Å². The number of carboxylic acid groups (broad SMARTS) is 1. The second-order valence-corrected chi connectivity index (χ2v) is 6.99.